The molecule has 0 unspecified atom stereocenters. The first-order valence-corrected chi connectivity index (χ1v) is 13.9. The number of aliphatic carboxylic acids is 1. The van der Waals surface area contributed by atoms with E-state index in [1.165, 1.54) is 30.3 Å². The van der Waals surface area contributed by atoms with Crippen molar-refractivity contribution in [3.8, 4) is 11.5 Å². The van der Waals surface area contributed by atoms with E-state index in [4.69, 9.17) is 21.4 Å². The summed E-state index contributed by atoms with van der Waals surface area (Å²) in [7, 11) is -4.35. The summed E-state index contributed by atoms with van der Waals surface area (Å²) in [5, 5.41) is 9.35. The van der Waals surface area contributed by atoms with Crippen molar-refractivity contribution >= 4 is 44.9 Å². The first-order chi connectivity index (χ1) is 18.9. The summed E-state index contributed by atoms with van der Waals surface area (Å²) in [6.45, 7) is 0.0552. The molecule has 0 aliphatic carbocycles. The Labute approximate surface area is 234 Å². The summed E-state index contributed by atoms with van der Waals surface area (Å²) in [6.07, 6.45) is 0.645. The molecule has 212 valence electrons. The Morgan fingerprint density at radius 2 is 1.95 bits per heavy atom. The van der Waals surface area contributed by atoms with Gasteiger partial charge in [-0.25, -0.2) is 12.8 Å². The Bertz CT molecular complexity index is 1560. The molecule has 3 aromatic carbocycles. The van der Waals surface area contributed by atoms with Gasteiger partial charge in [0.25, 0.3) is 10.0 Å². The smallest absolute Gasteiger partial charge is 0.387 e. The number of halogens is 4. The standard InChI is InChI=1S/C28H25ClF3NO6S/c1-16-12-25-24(13-18(16)11-17(2)27-22(29)7-4-8-23(27)30)33(15-20(38-25)9-10-26(34)35)40(36,37)21-6-3-5-19(14-21)39-28(31)32/h3-8,11-14,20,28H,9-10,15H2,1-2H3,(H,34,35)/t20-/m0/s1. The fourth-order valence-corrected chi connectivity index (χ4v) is 6.26. The largest absolute Gasteiger partial charge is 0.486 e. The molecule has 0 fully saturated rings. The zero-order valence-corrected chi connectivity index (χ0v) is 23.0. The number of carbonyl (C=O) groups is 1. The van der Waals surface area contributed by atoms with Gasteiger partial charge in [-0.1, -0.05) is 29.8 Å². The molecule has 4 rings (SSSR count). The summed E-state index contributed by atoms with van der Waals surface area (Å²) < 4.78 is 79.2. The summed E-state index contributed by atoms with van der Waals surface area (Å²) >= 11 is 6.22. The molecule has 0 radical (unpaired) electrons. The summed E-state index contributed by atoms with van der Waals surface area (Å²) in [6, 6.07) is 12.2. The summed E-state index contributed by atoms with van der Waals surface area (Å²) in [5.41, 5.74) is 2.07. The predicted octanol–water partition coefficient (Wildman–Crippen LogP) is 6.77. The topological polar surface area (TPSA) is 93.1 Å². The highest BCUT2D eigenvalue weighted by Gasteiger charge is 2.35. The van der Waals surface area contributed by atoms with E-state index in [9.17, 15) is 26.4 Å². The second kappa shape index (κ2) is 11.8. The van der Waals surface area contributed by atoms with Gasteiger partial charge in [0.2, 0.25) is 0 Å². The van der Waals surface area contributed by atoms with Crippen LogP contribution in [0.2, 0.25) is 5.02 Å². The molecule has 0 amide bonds. The number of hydrogen-bond acceptors (Lipinski definition) is 5. The predicted molar refractivity (Wildman–Crippen MR) is 145 cm³/mol. The average molecular weight is 596 g/mol. The van der Waals surface area contributed by atoms with Crippen molar-refractivity contribution in [3.05, 3.63) is 82.1 Å². The van der Waals surface area contributed by atoms with Crippen molar-refractivity contribution in [2.75, 3.05) is 10.8 Å². The number of allylic oxidation sites excluding steroid dienone is 1. The van der Waals surface area contributed by atoms with Crippen LogP contribution in [0.5, 0.6) is 11.5 Å². The number of anilines is 1. The fourth-order valence-electron chi connectivity index (χ4n) is 4.41. The second-order valence-corrected chi connectivity index (χ2v) is 11.4. The first-order valence-electron chi connectivity index (χ1n) is 12.1. The molecular weight excluding hydrogens is 571 g/mol. The molecule has 1 aliphatic rings. The fraction of sp³-hybridized carbons (Fsp3) is 0.250. The van der Waals surface area contributed by atoms with Gasteiger partial charge in [0.05, 0.1) is 22.2 Å². The molecule has 1 N–H and O–H groups in total. The highest BCUT2D eigenvalue weighted by Crippen LogP contribution is 2.41. The molecular formula is C28H25ClF3NO6S. The third-order valence-electron chi connectivity index (χ3n) is 6.31. The minimum absolute atomic E-state index is 0.0287. The maximum atomic E-state index is 14.5. The second-order valence-electron chi connectivity index (χ2n) is 9.16. The molecule has 12 heteroatoms. The van der Waals surface area contributed by atoms with Crippen molar-refractivity contribution in [1.29, 1.82) is 0 Å². The zero-order chi connectivity index (χ0) is 29.2. The van der Waals surface area contributed by atoms with E-state index in [1.54, 1.807) is 38.1 Å². The monoisotopic (exact) mass is 595 g/mol. The minimum Gasteiger partial charge on any atom is -0.486 e. The lowest BCUT2D eigenvalue weighted by Gasteiger charge is -2.36. The Balaban J connectivity index is 1.82. The van der Waals surface area contributed by atoms with Gasteiger partial charge in [0, 0.05) is 18.1 Å². The number of carboxylic acid groups (broad SMARTS) is 1. The Hall–Kier alpha value is -3.70. The molecule has 3 aromatic rings. The van der Waals surface area contributed by atoms with Crippen molar-refractivity contribution in [3.63, 3.8) is 0 Å². The number of ether oxygens (including phenoxy) is 2. The van der Waals surface area contributed by atoms with E-state index < -0.39 is 34.5 Å². The lowest BCUT2D eigenvalue weighted by atomic mass is 9.99. The van der Waals surface area contributed by atoms with E-state index in [-0.39, 0.29) is 52.1 Å². The van der Waals surface area contributed by atoms with Gasteiger partial charge in [0.15, 0.2) is 0 Å². The highest BCUT2D eigenvalue weighted by molar-refractivity contribution is 7.92. The maximum Gasteiger partial charge on any atom is 0.387 e. The van der Waals surface area contributed by atoms with E-state index >= 15 is 0 Å². The van der Waals surface area contributed by atoms with E-state index in [2.05, 4.69) is 4.74 Å². The number of benzene rings is 3. The van der Waals surface area contributed by atoms with Crippen LogP contribution in [-0.4, -0.2) is 38.8 Å². The quantitative estimate of drug-likeness (QED) is 0.274. The van der Waals surface area contributed by atoms with Gasteiger partial charge in [-0.3, -0.25) is 9.10 Å². The number of sulfonamides is 1. The average Bonchev–Trinajstić information content (AvgIpc) is 2.87. The minimum atomic E-state index is -4.35. The number of aryl methyl sites for hydroxylation is 1. The van der Waals surface area contributed by atoms with Crippen molar-refractivity contribution in [2.45, 2.75) is 44.3 Å². The van der Waals surface area contributed by atoms with Crippen LogP contribution in [0.4, 0.5) is 18.9 Å². The Morgan fingerprint density at radius 3 is 2.62 bits per heavy atom. The Morgan fingerprint density at radius 1 is 1.23 bits per heavy atom. The molecule has 0 saturated heterocycles. The van der Waals surface area contributed by atoms with E-state index in [1.807, 2.05) is 0 Å². The molecule has 40 heavy (non-hydrogen) atoms. The van der Waals surface area contributed by atoms with Crippen LogP contribution in [0.25, 0.3) is 11.6 Å². The summed E-state index contributed by atoms with van der Waals surface area (Å²) in [4.78, 5) is 10.9. The van der Waals surface area contributed by atoms with Crippen molar-refractivity contribution < 1.29 is 41.0 Å². The number of fused-ring (bicyclic) bond motifs is 1. The molecule has 1 aliphatic heterocycles. The van der Waals surface area contributed by atoms with Crippen LogP contribution in [-0.2, 0) is 14.8 Å². The normalized spacial score (nSPS) is 15.5. The third kappa shape index (κ3) is 6.37. The highest BCUT2D eigenvalue weighted by atomic mass is 35.5. The Kier molecular flexibility index (Phi) is 8.65. The van der Waals surface area contributed by atoms with Crippen LogP contribution in [0.3, 0.4) is 0 Å². The van der Waals surface area contributed by atoms with Gasteiger partial charge < -0.3 is 14.6 Å². The van der Waals surface area contributed by atoms with Gasteiger partial charge >= 0.3 is 12.6 Å². The van der Waals surface area contributed by atoms with Crippen molar-refractivity contribution in [1.82, 2.24) is 0 Å². The SMILES string of the molecule is CC(=Cc1cc2c(cc1C)O[C@@H](CCC(=O)O)CN2S(=O)(=O)c1cccc(OC(F)F)c1)c1c(F)cccc1Cl. The van der Waals surface area contributed by atoms with E-state index in [0.29, 0.717) is 16.7 Å². The molecule has 1 heterocycles. The number of alkyl halides is 2. The molecule has 0 bridgehead atoms. The van der Waals surface area contributed by atoms with Crippen LogP contribution in [0.1, 0.15) is 36.5 Å². The lowest BCUT2D eigenvalue weighted by Crippen LogP contribution is -2.43. The third-order valence-corrected chi connectivity index (χ3v) is 8.40. The van der Waals surface area contributed by atoms with Crippen LogP contribution in [0.15, 0.2) is 59.5 Å². The number of rotatable bonds is 9. The van der Waals surface area contributed by atoms with Crippen LogP contribution >= 0.6 is 11.6 Å². The lowest BCUT2D eigenvalue weighted by molar-refractivity contribution is -0.137. The zero-order valence-electron chi connectivity index (χ0n) is 21.4. The maximum absolute atomic E-state index is 14.5. The number of carboxylic acids is 1. The van der Waals surface area contributed by atoms with Crippen molar-refractivity contribution in [2.24, 2.45) is 0 Å². The molecule has 0 saturated carbocycles. The summed E-state index contributed by atoms with van der Waals surface area (Å²) in [5.74, 6) is -1.73. The van der Waals surface area contributed by atoms with Crippen LogP contribution < -0.4 is 13.8 Å². The molecule has 7 nitrogen and oxygen atoms in total. The number of hydrogen-bond donors (Lipinski definition) is 1. The first kappa shape index (κ1) is 29.3. The van der Waals surface area contributed by atoms with Gasteiger partial charge in [0.1, 0.15) is 23.4 Å². The molecule has 0 aromatic heterocycles. The van der Waals surface area contributed by atoms with Gasteiger partial charge in [-0.2, -0.15) is 8.78 Å². The van der Waals surface area contributed by atoms with Gasteiger partial charge in [-0.05, 0) is 73.4 Å². The van der Waals surface area contributed by atoms with Gasteiger partial charge in [-0.15, -0.1) is 0 Å². The number of nitrogens with zero attached hydrogens (tertiary/aromatic N) is 1. The molecule has 1 atom stereocenters. The molecule has 0 spiro atoms. The van der Waals surface area contributed by atoms with E-state index in [0.717, 1.165) is 10.4 Å². The van der Waals surface area contributed by atoms with Crippen LogP contribution in [0, 0.1) is 12.7 Å².